The zero-order valence-electron chi connectivity index (χ0n) is 38.2. The Morgan fingerprint density at radius 1 is 0.286 bits per heavy atom. The molecular weight excluding hydrogens is 878 g/mol. The Kier molecular flexibility index (Phi) is 50.3. The SMILES string of the molecule is CCCCC1=CCC(CCCC)=C1.CCCCC1=CCC(CCCC)=C1.CCCCC1=CCC(CCCC)=C1.CCCCC1=CCC(CCCC)=C1.[Cl-].[Cl-].[Zr].[Zr]. The average molecular weight is 967 g/mol. The first-order valence-corrected chi connectivity index (χ1v) is 23.0. The van der Waals surface area contributed by atoms with Crippen molar-refractivity contribution in [3.05, 3.63) is 93.2 Å². The van der Waals surface area contributed by atoms with Crippen LogP contribution in [0.25, 0.3) is 0 Å². The summed E-state index contributed by atoms with van der Waals surface area (Å²) in [5.41, 5.74) is 13.0. The molecular formula is C52H88Cl2Zr2-2. The molecule has 0 saturated heterocycles. The molecule has 56 heavy (non-hydrogen) atoms. The Balaban J connectivity index is -0.000000314. The fraction of sp³-hybridized carbons (Fsp3) is 0.692. The normalized spacial score (nSPS) is 14.7. The van der Waals surface area contributed by atoms with Gasteiger partial charge in [-0.3, -0.25) is 0 Å². The van der Waals surface area contributed by atoms with E-state index in [1.807, 2.05) is 0 Å². The molecule has 0 N–H and O–H groups in total. The number of allylic oxidation sites excluding steroid dienone is 16. The fourth-order valence-electron chi connectivity index (χ4n) is 7.10. The maximum absolute atomic E-state index is 2.44. The van der Waals surface area contributed by atoms with Crippen LogP contribution in [-0.4, -0.2) is 0 Å². The zero-order valence-corrected chi connectivity index (χ0v) is 44.6. The molecule has 0 atom stereocenters. The van der Waals surface area contributed by atoms with Crippen LogP contribution in [0.2, 0.25) is 0 Å². The summed E-state index contributed by atoms with van der Waals surface area (Å²) in [5.74, 6) is 0. The topological polar surface area (TPSA) is 0 Å². The molecule has 0 amide bonds. The van der Waals surface area contributed by atoms with E-state index in [1.54, 1.807) is 44.6 Å². The average Bonchev–Trinajstić information content (AvgIpc) is 4.00. The van der Waals surface area contributed by atoms with Crippen molar-refractivity contribution in [3.8, 4) is 0 Å². The van der Waals surface area contributed by atoms with Gasteiger partial charge in [-0.2, -0.15) is 0 Å². The minimum Gasteiger partial charge on any atom is -1.00 e. The van der Waals surface area contributed by atoms with Gasteiger partial charge in [0.2, 0.25) is 0 Å². The quantitative estimate of drug-likeness (QED) is 0.0904. The van der Waals surface area contributed by atoms with Crippen LogP contribution in [0.1, 0.15) is 235 Å². The van der Waals surface area contributed by atoms with Crippen molar-refractivity contribution in [2.24, 2.45) is 0 Å². The summed E-state index contributed by atoms with van der Waals surface area (Å²) in [6.45, 7) is 18.1. The second kappa shape index (κ2) is 44.8. The third kappa shape index (κ3) is 33.0. The Bertz CT molecular complexity index is 993. The molecule has 0 aromatic heterocycles. The predicted octanol–water partition coefficient (Wildman–Crippen LogP) is 12.5. The van der Waals surface area contributed by atoms with Gasteiger partial charge in [-0.1, -0.05) is 200 Å². The van der Waals surface area contributed by atoms with Crippen LogP contribution >= 0.6 is 0 Å². The first-order valence-electron chi connectivity index (χ1n) is 23.0. The second-order valence-corrected chi connectivity index (χ2v) is 16.0. The first kappa shape index (κ1) is 62.9. The van der Waals surface area contributed by atoms with Gasteiger partial charge in [0, 0.05) is 52.4 Å². The van der Waals surface area contributed by atoms with E-state index >= 15 is 0 Å². The fourth-order valence-corrected chi connectivity index (χ4v) is 7.10. The smallest absolute Gasteiger partial charge is 0 e. The summed E-state index contributed by atoms with van der Waals surface area (Å²) in [5, 5.41) is 0. The monoisotopic (exact) mass is 962 g/mol. The first-order chi connectivity index (χ1) is 25.5. The minimum absolute atomic E-state index is 0. The van der Waals surface area contributed by atoms with Gasteiger partial charge in [0.25, 0.3) is 0 Å². The molecule has 0 bridgehead atoms. The molecule has 0 spiro atoms. The summed E-state index contributed by atoms with van der Waals surface area (Å²) in [4.78, 5) is 0. The van der Waals surface area contributed by atoms with Gasteiger partial charge in [-0.15, -0.1) is 0 Å². The van der Waals surface area contributed by atoms with Gasteiger partial charge in [0.1, 0.15) is 0 Å². The van der Waals surface area contributed by atoms with E-state index in [4.69, 9.17) is 0 Å². The summed E-state index contributed by atoms with van der Waals surface area (Å²) in [6, 6.07) is 0. The van der Waals surface area contributed by atoms with E-state index in [9.17, 15) is 0 Å². The molecule has 0 heterocycles. The number of halogens is 2. The van der Waals surface area contributed by atoms with Crippen LogP contribution in [0, 0.1) is 0 Å². The van der Waals surface area contributed by atoms with E-state index in [0.29, 0.717) is 0 Å². The minimum atomic E-state index is 0. The molecule has 0 fully saturated rings. The van der Waals surface area contributed by atoms with Crippen LogP contribution in [0.3, 0.4) is 0 Å². The summed E-state index contributed by atoms with van der Waals surface area (Å²) in [7, 11) is 0. The molecule has 0 radical (unpaired) electrons. The summed E-state index contributed by atoms with van der Waals surface area (Å²) >= 11 is 0. The molecule has 0 unspecified atom stereocenters. The second-order valence-electron chi connectivity index (χ2n) is 16.0. The molecule has 4 rings (SSSR count). The molecule has 0 nitrogen and oxygen atoms in total. The molecule has 4 aliphatic carbocycles. The standard InChI is InChI=1S/4C13H22.2ClH.2Zr/c4*1-3-5-7-12-9-10-13(11-12)8-6-4-2;;;;/h4*9,11H,3-8,10H2,1-2H3;2*1H;;/p-2. The van der Waals surface area contributed by atoms with E-state index in [0.717, 1.165) is 0 Å². The van der Waals surface area contributed by atoms with Gasteiger partial charge >= 0.3 is 0 Å². The molecule has 4 heteroatoms. The van der Waals surface area contributed by atoms with Crippen molar-refractivity contribution in [1.82, 2.24) is 0 Å². The van der Waals surface area contributed by atoms with Gasteiger partial charge in [-0.25, -0.2) is 0 Å². The van der Waals surface area contributed by atoms with Crippen molar-refractivity contribution in [1.29, 1.82) is 0 Å². The van der Waals surface area contributed by atoms with Gasteiger partial charge in [0.05, 0.1) is 0 Å². The number of unbranched alkanes of at least 4 members (excludes halogenated alkanes) is 8. The van der Waals surface area contributed by atoms with Crippen molar-refractivity contribution in [2.45, 2.75) is 235 Å². The van der Waals surface area contributed by atoms with Crippen LogP contribution in [0.15, 0.2) is 93.2 Å². The maximum Gasteiger partial charge on any atom is 0 e. The summed E-state index contributed by atoms with van der Waals surface area (Å²) < 4.78 is 0. The molecule has 0 aromatic rings. The van der Waals surface area contributed by atoms with Crippen molar-refractivity contribution >= 4 is 0 Å². The van der Waals surface area contributed by atoms with Crippen molar-refractivity contribution < 1.29 is 77.2 Å². The molecule has 320 valence electrons. The Hall–Kier alpha value is 0.266. The van der Waals surface area contributed by atoms with E-state index in [2.05, 4.69) is 104 Å². The van der Waals surface area contributed by atoms with Gasteiger partial charge in [0.15, 0.2) is 0 Å². The molecule has 0 aliphatic heterocycles. The van der Waals surface area contributed by atoms with Gasteiger partial charge in [-0.05, 0) is 128 Å². The Morgan fingerprint density at radius 3 is 0.607 bits per heavy atom. The number of hydrogen-bond donors (Lipinski definition) is 0. The maximum atomic E-state index is 2.44. The predicted molar refractivity (Wildman–Crippen MR) is 239 cm³/mol. The number of hydrogen-bond acceptors (Lipinski definition) is 0. The molecule has 0 aromatic carbocycles. The van der Waals surface area contributed by atoms with Crippen LogP contribution in [-0.2, 0) is 52.4 Å². The third-order valence-corrected chi connectivity index (χ3v) is 10.7. The van der Waals surface area contributed by atoms with Gasteiger partial charge < -0.3 is 24.8 Å². The van der Waals surface area contributed by atoms with E-state index in [1.165, 1.54) is 180 Å². The largest absolute Gasteiger partial charge is 1.00 e. The van der Waals surface area contributed by atoms with Crippen LogP contribution in [0.4, 0.5) is 0 Å². The summed E-state index contributed by atoms with van der Waals surface area (Å²) in [6.07, 6.45) is 56.2. The molecule has 0 saturated carbocycles. The van der Waals surface area contributed by atoms with E-state index < -0.39 is 0 Å². The van der Waals surface area contributed by atoms with Crippen molar-refractivity contribution in [3.63, 3.8) is 0 Å². The zero-order chi connectivity index (χ0) is 38.1. The molecule has 4 aliphatic rings. The van der Waals surface area contributed by atoms with E-state index in [-0.39, 0.29) is 77.2 Å². The van der Waals surface area contributed by atoms with Crippen LogP contribution < -0.4 is 24.8 Å². The third-order valence-electron chi connectivity index (χ3n) is 10.7. The Morgan fingerprint density at radius 2 is 0.446 bits per heavy atom. The van der Waals surface area contributed by atoms with Crippen LogP contribution in [0.5, 0.6) is 0 Å². The number of rotatable bonds is 24. The Labute approximate surface area is 402 Å². The van der Waals surface area contributed by atoms with Crippen molar-refractivity contribution in [2.75, 3.05) is 0 Å².